The third-order valence-corrected chi connectivity index (χ3v) is 3.32. The van der Waals surface area contributed by atoms with E-state index in [2.05, 4.69) is 0 Å². The highest BCUT2D eigenvalue weighted by Gasteiger charge is 2.14. The number of hydrogen-bond donors (Lipinski definition) is 1. The van der Waals surface area contributed by atoms with Crippen LogP contribution >= 0.6 is 11.6 Å². The molecule has 0 radical (unpaired) electrons. The average molecular weight is 291 g/mol. The van der Waals surface area contributed by atoms with Crippen LogP contribution in [0.25, 0.3) is 0 Å². The van der Waals surface area contributed by atoms with Gasteiger partial charge >= 0.3 is 0 Å². The number of ether oxygens (including phenoxy) is 1. The zero-order chi connectivity index (χ0) is 14.7. The summed E-state index contributed by atoms with van der Waals surface area (Å²) < 4.78 is 5.65. The first-order chi connectivity index (χ1) is 9.47. The summed E-state index contributed by atoms with van der Waals surface area (Å²) in [6.07, 6.45) is -0.649. The lowest BCUT2D eigenvalue weighted by atomic mass is 10.0. The molecule has 0 aliphatic heterocycles. The minimum Gasteiger partial charge on any atom is -0.491 e. The fraction of sp³-hybridized carbons (Fsp3) is 0.294. The molecule has 0 aliphatic rings. The number of hydrogen-bond acceptors (Lipinski definition) is 2. The topological polar surface area (TPSA) is 29.5 Å². The molecule has 2 nitrogen and oxygen atoms in total. The Labute approximate surface area is 125 Å². The van der Waals surface area contributed by atoms with E-state index in [1.165, 1.54) is 0 Å². The molecule has 2 aromatic rings. The van der Waals surface area contributed by atoms with Crippen LogP contribution < -0.4 is 4.74 Å². The van der Waals surface area contributed by atoms with Gasteiger partial charge in [0.1, 0.15) is 11.9 Å². The molecule has 1 N–H and O–H groups in total. The third kappa shape index (κ3) is 3.53. The Kier molecular flexibility index (Phi) is 4.69. The Morgan fingerprint density at radius 2 is 1.85 bits per heavy atom. The predicted molar refractivity (Wildman–Crippen MR) is 82.5 cm³/mol. The normalized spacial score (nSPS) is 12.5. The van der Waals surface area contributed by atoms with E-state index in [-0.39, 0.29) is 6.10 Å². The van der Waals surface area contributed by atoms with Gasteiger partial charge in [0, 0.05) is 10.6 Å². The molecule has 0 saturated heterocycles. The monoisotopic (exact) mass is 290 g/mol. The molecule has 0 aromatic heterocycles. The third-order valence-electron chi connectivity index (χ3n) is 3.00. The summed E-state index contributed by atoms with van der Waals surface area (Å²) in [5, 5.41) is 11.1. The number of benzene rings is 2. The van der Waals surface area contributed by atoms with Crippen LogP contribution in [0.2, 0.25) is 5.02 Å². The van der Waals surface area contributed by atoms with Gasteiger partial charge < -0.3 is 9.84 Å². The van der Waals surface area contributed by atoms with Crippen LogP contribution in [0, 0.1) is 6.92 Å². The van der Waals surface area contributed by atoms with Crippen molar-refractivity contribution >= 4 is 11.6 Å². The zero-order valence-corrected chi connectivity index (χ0v) is 12.7. The number of aliphatic hydroxyl groups is 1. The van der Waals surface area contributed by atoms with Crippen molar-refractivity contribution in [2.24, 2.45) is 0 Å². The fourth-order valence-electron chi connectivity index (χ4n) is 2.06. The number of rotatable bonds is 4. The van der Waals surface area contributed by atoms with Gasteiger partial charge in [0.15, 0.2) is 0 Å². The van der Waals surface area contributed by atoms with Crippen LogP contribution in [0.3, 0.4) is 0 Å². The maximum atomic E-state index is 10.5. The van der Waals surface area contributed by atoms with Gasteiger partial charge in [-0.3, -0.25) is 0 Å². The average Bonchev–Trinajstić information content (AvgIpc) is 2.37. The molecule has 106 valence electrons. The molecule has 3 heteroatoms. The highest BCUT2D eigenvalue weighted by Crippen LogP contribution is 2.30. The van der Waals surface area contributed by atoms with Crippen LogP contribution in [0.5, 0.6) is 5.75 Å². The second-order valence-corrected chi connectivity index (χ2v) is 5.57. The van der Waals surface area contributed by atoms with E-state index >= 15 is 0 Å². The molecule has 0 heterocycles. The molecule has 0 amide bonds. The first-order valence-electron chi connectivity index (χ1n) is 6.68. The summed E-state index contributed by atoms with van der Waals surface area (Å²) in [4.78, 5) is 0. The van der Waals surface area contributed by atoms with Crippen LogP contribution in [0.1, 0.15) is 36.6 Å². The summed E-state index contributed by atoms with van der Waals surface area (Å²) in [6, 6.07) is 13.1. The van der Waals surface area contributed by atoms with Crippen LogP contribution in [0.15, 0.2) is 42.5 Å². The molecule has 2 aromatic carbocycles. The molecular weight excluding hydrogens is 272 g/mol. The summed E-state index contributed by atoms with van der Waals surface area (Å²) >= 11 is 6.21. The molecule has 0 fully saturated rings. The fourth-order valence-corrected chi connectivity index (χ4v) is 2.40. The molecule has 1 unspecified atom stereocenters. The van der Waals surface area contributed by atoms with Crippen molar-refractivity contribution in [3.8, 4) is 5.75 Å². The molecule has 20 heavy (non-hydrogen) atoms. The van der Waals surface area contributed by atoms with Crippen LogP contribution in [-0.2, 0) is 0 Å². The summed E-state index contributed by atoms with van der Waals surface area (Å²) in [5.41, 5.74) is 2.55. The van der Waals surface area contributed by atoms with Gasteiger partial charge in [0.05, 0.1) is 6.10 Å². The second kappa shape index (κ2) is 6.29. The number of aryl methyl sites for hydroxylation is 1. The molecule has 2 rings (SSSR count). The SMILES string of the molecule is Cc1ccc(C(O)c2cccc(OC(C)C)c2)c(Cl)c1. The van der Waals surface area contributed by atoms with E-state index < -0.39 is 6.10 Å². The largest absolute Gasteiger partial charge is 0.491 e. The van der Waals surface area contributed by atoms with E-state index in [1.54, 1.807) is 0 Å². The van der Waals surface area contributed by atoms with E-state index in [0.717, 1.165) is 16.9 Å². The van der Waals surface area contributed by atoms with Gasteiger partial charge in [-0.05, 0) is 50.1 Å². The first kappa shape index (κ1) is 14.9. The van der Waals surface area contributed by atoms with Crippen LogP contribution in [-0.4, -0.2) is 11.2 Å². The Morgan fingerprint density at radius 3 is 2.50 bits per heavy atom. The quantitative estimate of drug-likeness (QED) is 0.897. The lowest BCUT2D eigenvalue weighted by Crippen LogP contribution is -2.07. The number of halogens is 1. The summed E-state index contributed by atoms with van der Waals surface area (Å²) in [5.74, 6) is 0.750. The van der Waals surface area contributed by atoms with E-state index in [0.29, 0.717) is 10.6 Å². The lowest BCUT2D eigenvalue weighted by Gasteiger charge is -2.16. The van der Waals surface area contributed by atoms with Gasteiger partial charge in [0.25, 0.3) is 0 Å². The van der Waals surface area contributed by atoms with Crippen molar-refractivity contribution in [1.82, 2.24) is 0 Å². The molecular formula is C17H19ClO2. The van der Waals surface area contributed by atoms with Gasteiger partial charge in [0.2, 0.25) is 0 Å². The molecule has 0 spiro atoms. The van der Waals surface area contributed by atoms with Gasteiger partial charge in [-0.15, -0.1) is 0 Å². The van der Waals surface area contributed by atoms with Crippen molar-refractivity contribution in [3.05, 3.63) is 64.2 Å². The van der Waals surface area contributed by atoms with Crippen molar-refractivity contribution < 1.29 is 9.84 Å². The van der Waals surface area contributed by atoms with Gasteiger partial charge in [-0.2, -0.15) is 0 Å². The maximum Gasteiger partial charge on any atom is 0.120 e. The van der Waals surface area contributed by atoms with Crippen molar-refractivity contribution in [3.63, 3.8) is 0 Å². The van der Waals surface area contributed by atoms with E-state index in [9.17, 15) is 5.11 Å². The highest BCUT2D eigenvalue weighted by atomic mass is 35.5. The molecule has 1 atom stereocenters. The molecule has 0 aliphatic carbocycles. The van der Waals surface area contributed by atoms with Gasteiger partial charge in [-0.25, -0.2) is 0 Å². The smallest absolute Gasteiger partial charge is 0.120 e. The van der Waals surface area contributed by atoms with E-state index in [4.69, 9.17) is 16.3 Å². The maximum absolute atomic E-state index is 10.5. The first-order valence-corrected chi connectivity index (χ1v) is 7.06. The van der Waals surface area contributed by atoms with Crippen molar-refractivity contribution in [2.45, 2.75) is 33.0 Å². The second-order valence-electron chi connectivity index (χ2n) is 5.17. The Balaban J connectivity index is 2.30. The lowest BCUT2D eigenvalue weighted by molar-refractivity contribution is 0.216. The van der Waals surface area contributed by atoms with E-state index in [1.807, 2.05) is 63.2 Å². The minimum absolute atomic E-state index is 0.102. The molecule has 0 bridgehead atoms. The van der Waals surface area contributed by atoms with Crippen molar-refractivity contribution in [2.75, 3.05) is 0 Å². The summed E-state index contributed by atoms with van der Waals surface area (Å²) in [6.45, 7) is 5.92. The standard InChI is InChI=1S/C17H19ClO2/c1-11(2)20-14-6-4-5-13(10-14)17(19)15-8-7-12(3)9-16(15)18/h4-11,17,19H,1-3H3. The Morgan fingerprint density at radius 1 is 1.10 bits per heavy atom. The Hall–Kier alpha value is -1.51. The van der Waals surface area contributed by atoms with Crippen molar-refractivity contribution in [1.29, 1.82) is 0 Å². The summed E-state index contributed by atoms with van der Waals surface area (Å²) in [7, 11) is 0. The minimum atomic E-state index is -0.751. The van der Waals surface area contributed by atoms with Gasteiger partial charge in [-0.1, -0.05) is 35.9 Å². The van der Waals surface area contributed by atoms with Crippen LogP contribution in [0.4, 0.5) is 0 Å². The highest BCUT2D eigenvalue weighted by molar-refractivity contribution is 6.31. The Bertz CT molecular complexity index is 593. The number of aliphatic hydroxyl groups excluding tert-OH is 1. The zero-order valence-electron chi connectivity index (χ0n) is 11.9. The predicted octanol–water partition coefficient (Wildman–Crippen LogP) is 4.52. The molecule has 0 saturated carbocycles.